The lowest BCUT2D eigenvalue weighted by molar-refractivity contribution is -0.192. The van der Waals surface area contributed by atoms with Crippen LogP contribution < -0.4 is 16.5 Å². The van der Waals surface area contributed by atoms with Gasteiger partial charge < -0.3 is 25.1 Å². The Morgan fingerprint density at radius 2 is 1.95 bits per heavy atom. The summed E-state index contributed by atoms with van der Waals surface area (Å²) in [5.41, 5.74) is 0. The first-order chi connectivity index (χ1) is 10.3. The zero-order chi connectivity index (χ0) is 17.1. The largest absolute Gasteiger partial charge is 0.373 e. The Kier molecular flexibility index (Phi) is 9.14. The molecule has 0 bridgehead atoms. The summed E-state index contributed by atoms with van der Waals surface area (Å²) in [6, 6.07) is -0.762. The third-order valence-electron chi connectivity index (χ3n) is 2.50. The van der Waals surface area contributed by atoms with Crippen molar-refractivity contribution in [1.29, 1.82) is 0 Å². The van der Waals surface area contributed by atoms with Crippen LogP contribution >= 0.6 is 0 Å². The summed E-state index contributed by atoms with van der Waals surface area (Å²) < 4.78 is 0. The second kappa shape index (κ2) is 10.3. The van der Waals surface area contributed by atoms with E-state index in [1.807, 2.05) is 0 Å². The molecule has 0 aromatic rings. The maximum absolute atomic E-state index is 11.7. The number of nitrogens with one attached hydrogen (secondary N) is 2. The van der Waals surface area contributed by atoms with Gasteiger partial charge in [-0.3, -0.25) is 14.4 Å². The standard InChI is InChI=1S/C12H20N4O6/c1-8(9(2)18)16(22-10(3)21-13)7-12(20)15-6-11(19)14-4-5-17/h5,8H,3-4,6-7,13H2,1-2H3,(H,14,19)(H,15,20). The molecular formula is C12H20N4O6. The van der Waals surface area contributed by atoms with Crippen molar-refractivity contribution in [1.82, 2.24) is 15.7 Å². The van der Waals surface area contributed by atoms with Gasteiger partial charge in [-0.25, -0.2) is 0 Å². The van der Waals surface area contributed by atoms with E-state index in [9.17, 15) is 19.2 Å². The van der Waals surface area contributed by atoms with Crippen molar-refractivity contribution in [3.05, 3.63) is 12.5 Å². The van der Waals surface area contributed by atoms with Crippen LogP contribution in [0, 0.1) is 0 Å². The highest BCUT2D eigenvalue weighted by molar-refractivity contribution is 5.87. The molecule has 0 aromatic heterocycles. The summed E-state index contributed by atoms with van der Waals surface area (Å²) in [4.78, 5) is 53.7. The number of aldehydes is 1. The van der Waals surface area contributed by atoms with Gasteiger partial charge in [-0.2, -0.15) is 5.90 Å². The molecule has 22 heavy (non-hydrogen) atoms. The molecule has 0 aromatic carbocycles. The minimum atomic E-state index is -0.762. The number of carbonyl (C=O) groups is 4. The van der Waals surface area contributed by atoms with Crippen molar-refractivity contribution in [3.63, 3.8) is 0 Å². The third-order valence-corrected chi connectivity index (χ3v) is 2.50. The second-order valence-corrected chi connectivity index (χ2v) is 4.19. The zero-order valence-corrected chi connectivity index (χ0v) is 12.5. The molecule has 0 fully saturated rings. The minimum Gasteiger partial charge on any atom is -0.373 e. The van der Waals surface area contributed by atoms with Crippen LogP contribution in [0.15, 0.2) is 12.5 Å². The smallest absolute Gasteiger partial charge is 0.311 e. The number of hydroxylamine groups is 2. The highest BCUT2D eigenvalue weighted by Gasteiger charge is 2.24. The molecule has 10 nitrogen and oxygen atoms in total. The summed E-state index contributed by atoms with van der Waals surface area (Å²) in [5.74, 6) is 3.18. The normalized spacial score (nSPS) is 11.3. The van der Waals surface area contributed by atoms with E-state index in [2.05, 4.69) is 22.1 Å². The van der Waals surface area contributed by atoms with Crippen LogP contribution in [0.5, 0.6) is 0 Å². The summed E-state index contributed by atoms with van der Waals surface area (Å²) in [6.07, 6.45) is 0.516. The molecule has 124 valence electrons. The van der Waals surface area contributed by atoms with Gasteiger partial charge in [0.25, 0.3) is 0 Å². The molecular weight excluding hydrogens is 296 g/mol. The number of hydrogen-bond acceptors (Lipinski definition) is 8. The molecule has 0 heterocycles. The van der Waals surface area contributed by atoms with E-state index in [1.165, 1.54) is 13.8 Å². The van der Waals surface area contributed by atoms with Gasteiger partial charge in [0, 0.05) is 0 Å². The number of amides is 2. The van der Waals surface area contributed by atoms with Gasteiger partial charge in [-0.05, 0) is 20.4 Å². The van der Waals surface area contributed by atoms with E-state index < -0.39 is 17.9 Å². The quantitative estimate of drug-likeness (QED) is 0.226. The Hall–Kier alpha value is -2.46. The topological polar surface area (TPSA) is 140 Å². The van der Waals surface area contributed by atoms with Gasteiger partial charge >= 0.3 is 5.95 Å². The molecule has 0 rings (SSSR count). The van der Waals surface area contributed by atoms with E-state index in [1.54, 1.807) is 0 Å². The summed E-state index contributed by atoms with van der Waals surface area (Å²) in [7, 11) is 0. The fraction of sp³-hybridized carbons (Fsp3) is 0.500. The van der Waals surface area contributed by atoms with Gasteiger partial charge in [0.05, 0.1) is 13.1 Å². The second-order valence-electron chi connectivity index (χ2n) is 4.19. The number of hydrogen-bond donors (Lipinski definition) is 3. The Morgan fingerprint density at radius 1 is 1.32 bits per heavy atom. The Balaban J connectivity index is 4.48. The van der Waals surface area contributed by atoms with Crippen molar-refractivity contribution in [3.8, 4) is 0 Å². The van der Waals surface area contributed by atoms with E-state index in [-0.39, 0.29) is 31.4 Å². The van der Waals surface area contributed by atoms with Gasteiger partial charge in [0.2, 0.25) is 11.8 Å². The number of nitrogens with two attached hydrogens (primary N) is 1. The molecule has 0 aliphatic carbocycles. The van der Waals surface area contributed by atoms with Crippen LogP contribution in [0.4, 0.5) is 0 Å². The average Bonchev–Trinajstić information content (AvgIpc) is 2.48. The molecule has 1 unspecified atom stereocenters. The lowest BCUT2D eigenvalue weighted by Crippen LogP contribution is -2.46. The first-order valence-electron chi connectivity index (χ1n) is 6.29. The Morgan fingerprint density at radius 3 is 2.45 bits per heavy atom. The molecule has 0 spiro atoms. The zero-order valence-electron chi connectivity index (χ0n) is 12.5. The number of carbonyl (C=O) groups excluding carboxylic acids is 4. The monoisotopic (exact) mass is 316 g/mol. The summed E-state index contributed by atoms with van der Waals surface area (Å²) >= 11 is 0. The first-order valence-corrected chi connectivity index (χ1v) is 6.29. The summed E-state index contributed by atoms with van der Waals surface area (Å²) in [5, 5.41) is 5.57. The van der Waals surface area contributed by atoms with Crippen LogP contribution in [-0.2, 0) is 28.9 Å². The lowest BCUT2D eigenvalue weighted by atomic mass is 10.2. The van der Waals surface area contributed by atoms with Crippen molar-refractivity contribution in [2.45, 2.75) is 19.9 Å². The lowest BCUT2D eigenvalue weighted by Gasteiger charge is -2.25. The molecule has 0 saturated heterocycles. The van der Waals surface area contributed by atoms with Crippen LogP contribution in [0.25, 0.3) is 0 Å². The van der Waals surface area contributed by atoms with Crippen LogP contribution in [0.2, 0.25) is 0 Å². The third kappa shape index (κ3) is 7.97. The van der Waals surface area contributed by atoms with Gasteiger partial charge in [0.15, 0.2) is 0 Å². The molecule has 0 saturated carbocycles. The van der Waals surface area contributed by atoms with E-state index in [0.29, 0.717) is 6.29 Å². The van der Waals surface area contributed by atoms with Crippen molar-refractivity contribution < 1.29 is 28.9 Å². The van der Waals surface area contributed by atoms with Crippen LogP contribution in [0.1, 0.15) is 13.8 Å². The van der Waals surface area contributed by atoms with E-state index in [0.717, 1.165) is 5.06 Å². The highest BCUT2D eigenvalue weighted by atomic mass is 16.8. The Bertz CT molecular complexity index is 439. The predicted octanol–water partition coefficient (Wildman–Crippen LogP) is -2.01. The Labute approximate surface area is 127 Å². The predicted molar refractivity (Wildman–Crippen MR) is 74.4 cm³/mol. The number of Topliss-reactive ketones (excluding diaryl/α,β-unsaturated/α-hetero) is 1. The maximum Gasteiger partial charge on any atom is 0.311 e. The molecule has 2 amide bonds. The first kappa shape index (κ1) is 19.5. The molecule has 4 N–H and O–H groups in total. The maximum atomic E-state index is 11.7. The van der Waals surface area contributed by atoms with Crippen molar-refractivity contribution in [2.24, 2.45) is 5.90 Å². The van der Waals surface area contributed by atoms with Gasteiger partial charge in [-0.1, -0.05) is 0 Å². The fourth-order valence-electron chi connectivity index (χ4n) is 1.20. The highest BCUT2D eigenvalue weighted by Crippen LogP contribution is 2.06. The fourth-order valence-corrected chi connectivity index (χ4v) is 1.20. The SMILES string of the molecule is C=C(ON)ON(CC(=O)NCC(=O)NCC=O)C(C)C(C)=O. The minimum absolute atomic E-state index is 0.140. The van der Waals surface area contributed by atoms with Crippen molar-refractivity contribution >= 4 is 23.9 Å². The molecule has 0 radical (unpaired) electrons. The average molecular weight is 316 g/mol. The summed E-state index contributed by atoms with van der Waals surface area (Å²) in [6.45, 7) is 5.33. The number of ketones is 1. The van der Waals surface area contributed by atoms with E-state index >= 15 is 0 Å². The van der Waals surface area contributed by atoms with E-state index in [4.69, 9.17) is 10.7 Å². The molecule has 0 aliphatic heterocycles. The van der Waals surface area contributed by atoms with Crippen LogP contribution in [-0.4, -0.2) is 54.6 Å². The van der Waals surface area contributed by atoms with Gasteiger partial charge in [-0.15, -0.1) is 5.06 Å². The van der Waals surface area contributed by atoms with Crippen molar-refractivity contribution in [2.75, 3.05) is 19.6 Å². The molecule has 10 heteroatoms. The number of nitrogens with zero attached hydrogens (tertiary/aromatic N) is 1. The number of rotatable bonds is 11. The molecule has 0 aliphatic rings. The molecule has 1 atom stereocenters. The van der Waals surface area contributed by atoms with Gasteiger partial charge in [0.1, 0.15) is 24.7 Å². The van der Waals surface area contributed by atoms with Crippen LogP contribution in [0.3, 0.4) is 0 Å².